The van der Waals surface area contributed by atoms with Crippen LogP contribution in [0.2, 0.25) is 0 Å². The summed E-state index contributed by atoms with van der Waals surface area (Å²) in [6.07, 6.45) is 6.65. The molecule has 0 spiro atoms. The Morgan fingerprint density at radius 1 is 1.14 bits per heavy atom. The van der Waals surface area contributed by atoms with Crippen LogP contribution in [0.1, 0.15) is 66.2 Å². The van der Waals surface area contributed by atoms with Gasteiger partial charge in [0.25, 0.3) is 5.91 Å². The third kappa shape index (κ3) is 8.35. The number of rotatable bonds is 12. The van der Waals surface area contributed by atoms with E-state index in [1.807, 2.05) is 31.2 Å². The molecule has 0 bridgehead atoms. The van der Waals surface area contributed by atoms with E-state index in [0.717, 1.165) is 37.4 Å². The predicted molar refractivity (Wildman–Crippen MR) is 120 cm³/mol. The van der Waals surface area contributed by atoms with Crippen molar-refractivity contribution in [2.45, 2.75) is 71.8 Å². The van der Waals surface area contributed by atoms with Crippen LogP contribution in [-0.2, 0) is 9.53 Å². The number of benzene rings is 1. The van der Waals surface area contributed by atoms with Crippen molar-refractivity contribution < 1.29 is 14.3 Å². The molecule has 1 unspecified atom stereocenters. The fourth-order valence-corrected chi connectivity index (χ4v) is 3.88. The van der Waals surface area contributed by atoms with Gasteiger partial charge in [0.1, 0.15) is 11.4 Å². The summed E-state index contributed by atoms with van der Waals surface area (Å²) >= 11 is 0. The van der Waals surface area contributed by atoms with E-state index in [1.54, 1.807) is 0 Å². The molecule has 5 nitrogen and oxygen atoms in total. The van der Waals surface area contributed by atoms with Crippen molar-refractivity contribution in [3.8, 4) is 5.75 Å². The molecule has 0 aromatic heterocycles. The van der Waals surface area contributed by atoms with Gasteiger partial charge in [-0.2, -0.15) is 0 Å². The minimum absolute atomic E-state index is 0.0881. The summed E-state index contributed by atoms with van der Waals surface area (Å²) in [7, 11) is 0. The maximum absolute atomic E-state index is 12.8. The number of ether oxygens (including phenoxy) is 2. The van der Waals surface area contributed by atoms with E-state index in [1.165, 1.54) is 32.4 Å². The summed E-state index contributed by atoms with van der Waals surface area (Å²) in [4.78, 5) is 15.4. The fraction of sp³-hybridized carbons (Fsp3) is 0.708. The molecule has 1 heterocycles. The van der Waals surface area contributed by atoms with Crippen molar-refractivity contribution in [1.82, 2.24) is 4.90 Å². The molecule has 0 radical (unpaired) electrons. The highest BCUT2D eigenvalue weighted by Gasteiger charge is 2.34. The van der Waals surface area contributed by atoms with Crippen molar-refractivity contribution in [3.63, 3.8) is 0 Å². The second-order valence-corrected chi connectivity index (χ2v) is 8.76. The topological polar surface area (TPSA) is 50.8 Å². The molecular formula is C24H40N2O3. The molecule has 0 aliphatic carbocycles. The van der Waals surface area contributed by atoms with Crippen molar-refractivity contribution >= 4 is 11.6 Å². The molecule has 1 fully saturated rings. The van der Waals surface area contributed by atoms with Crippen LogP contribution in [0.3, 0.4) is 0 Å². The molecule has 1 amide bonds. The van der Waals surface area contributed by atoms with Crippen molar-refractivity contribution in [1.29, 1.82) is 0 Å². The summed E-state index contributed by atoms with van der Waals surface area (Å²) in [5, 5.41) is 3.01. The minimum atomic E-state index is -0.812. The van der Waals surface area contributed by atoms with Crippen molar-refractivity contribution in [2.24, 2.45) is 5.92 Å². The van der Waals surface area contributed by atoms with E-state index in [0.29, 0.717) is 18.9 Å². The maximum atomic E-state index is 12.8. The van der Waals surface area contributed by atoms with E-state index in [2.05, 4.69) is 31.0 Å². The van der Waals surface area contributed by atoms with Crippen LogP contribution in [0.15, 0.2) is 24.3 Å². The Bertz CT molecular complexity index is 597. The Morgan fingerprint density at radius 2 is 1.83 bits per heavy atom. The standard InChI is InChI=1S/C24H40N2O3/c1-5-17-29-24(4,19-20(2)3)23(27)25-21-10-12-22(13-11-21)28-18-9-16-26-14-7-6-8-15-26/h10-13,20H,5-9,14-19H2,1-4H3,(H,25,27). The highest BCUT2D eigenvalue weighted by atomic mass is 16.5. The quantitative estimate of drug-likeness (QED) is 0.492. The van der Waals surface area contributed by atoms with Gasteiger partial charge < -0.3 is 19.7 Å². The first kappa shape index (κ1) is 23.7. The highest BCUT2D eigenvalue weighted by molar-refractivity contribution is 5.97. The third-order valence-corrected chi connectivity index (χ3v) is 5.35. The maximum Gasteiger partial charge on any atom is 0.256 e. The van der Waals surface area contributed by atoms with Gasteiger partial charge in [0, 0.05) is 18.8 Å². The minimum Gasteiger partial charge on any atom is -0.494 e. The Hall–Kier alpha value is -1.59. The van der Waals surface area contributed by atoms with E-state index in [9.17, 15) is 4.79 Å². The number of carbonyl (C=O) groups is 1. The third-order valence-electron chi connectivity index (χ3n) is 5.35. The Labute approximate surface area is 177 Å². The lowest BCUT2D eigenvalue weighted by molar-refractivity contribution is -0.141. The number of likely N-dealkylation sites (tertiary alicyclic amines) is 1. The lowest BCUT2D eigenvalue weighted by Crippen LogP contribution is -2.44. The summed E-state index contributed by atoms with van der Waals surface area (Å²) in [5.41, 5.74) is -0.0425. The van der Waals surface area contributed by atoms with Crippen LogP contribution in [0.5, 0.6) is 5.75 Å². The first-order chi connectivity index (χ1) is 13.9. The monoisotopic (exact) mass is 404 g/mol. The lowest BCUT2D eigenvalue weighted by Gasteiger charge is -2.30. The SMILES string of the molecule is CCCOC(C)(CC(C)C)C(=O)Nc1ccc(OCCCN2CCCCC2)cc1. The van der Waals surface area contributed by atoms with Crippen LogP contribution in [0.4, 0.5) is 5.69 Å². The van der Waals surface area contributed by atoms with Gasteiger partial charge in [-0.25, -0.2) is 0 Å². The van der Waals surface area contributed by atoms with E-state index >= 15 is 0 Å². The van der Waals surface area contributed by atoms with Gasteiger partial charge in [0.2, 0.25) is 0 Å². The van der Waals surface area contributed by atoms with Crippen LogP contribution in [0, 0.1) is 5.92 Å². The molecule has 1 atom stereocenters. The molecule has 0 saturated carbocycles. The number of hydrogen-bond acceptors (Lipinski definition) is 4. The number of anilines is 1. The number of carbonyl (C=O) groups excluding carboxylic acids is 1. The summed E-state index contributed by atoms with van der Waals surface area (Å²) < 4.78 is 11.8. The van der Waals surface area contributed by atoms with E-state index < -0.39 is 5.60 Å². The number of nitrogens with zero attached hydrogens (tertiary/aromatic N) is 1. The van der Waals surface area contributed by atoms with Crippen LogP contribution in [0.25, 0.3) is 0 Å². The zero-order valence-corrected chi connectivity index (χ0v) is 18.8. The molecule has 164 valence electrons. The lowest BCUT2D eigenvalue weighted by atomic mass is 9.93. The number of hydrogen-bond donors (Lipinski definition) is 1. The Kier molecular flexibility index (Phi) is 9.95. The highest BCUT2D eigenvalue weighted by Crippen LogP contribution is 2.24. The van der Waals surface area contributed by atoms with Gasteiger partial charge in [-0.1, -0.05) is 27.2 Å². The summed E-state index contributed by atoms with van der Waals surface area (Å²) in [5.74, 6) is 1.13. The zero-order chi connectivity index (χ0) is 21.1. The van der Waals surface area contributed by atoms with E-state index in [-0.39, 0.29) is 5.91 Å². The van der Waals surface area contributed by atoms with Gasteiger partial charge in [-0.05, 0) is 82.3 Å². The van der Waals surface area contributed by atoms with Crippen molar-refractivity contribution in [3.05, 3.63) is 24.3 Å². The Morgan fingerprint density at radius 3 is 2.45 bits per heavy atom. The van der Waals surface area contributed by atoms with Gasteiger partial charge in [0.05, 0.1) is 6.61 Å². The van der Waals surface area contributed by atoms with Crippen molar-refractivity contribution in [2.75, 3.05) is 38.2 Å². The first-order valence-electron chi connectivity index (χ1n) is 11.3. The second-order valence-electron chi connectivity index (χ2n) is 8.76. The Balaban J connectivity index is 1.79. The smallest absolute Gasteiger partial charge is 0.256 e. The predicted octanol–water partition coefficient (Wildman–Crippen LogP) is 5.11. The van der Waals surface area contributed by atoms with Crippen LogP contribution >= 0.6 is 0 Å². The van der Waals surface area contributed by atoms with Gasteiger partial charge in [-0.3, -0.25) is 4.79 Å². The van der Waals surface area contributed by atoms with Crippen LogP contribution < -0.4 is 10.1 Å². The molecule has 1 saturated heterocycles. The molecule has 1 aromatic carbocycles. The largest absolute Gasteiger partial charge is 0.494 e. The molecule has 1 aliphatic rings. The average molecular weight is 405 g/mol. The van der Waals surface area contributed by atoms with Gasteiger partial charge in [0.15, 0.2) is 0 Å². The molecular weight excluding hydrogens is 364 g/mol. The molecule has 1 N–H and O–H groups in total. The summed E-state index contributed by atoms with van der Waals surface area (Å²) in [6, 6.07) is 7.63. The fourth-order valence-electron chi connectivity index (χ4n) is 3.88. The molecule has 2 rings (SSSR count). The average Bonchev–Trinajstić information content (AvgIpc) is 2.71. The number of amides is 1. The van der Waals surface area contributed by atoms with Crippen LogP contribution in [-0.4, -0.2) is 49.3 Å². The summed E-state index contributed by atoms with van der Waals surface area (Å²) in [6.45, 7) is 13.0. The first-order valence-corrected chi connectivity index (χ1v) is 11.3. The molecule has 5 heteroatoms. The van der Waals surface area contributed by atoms with Gasteiger partial charge in [-0.15, -0.1) is 0 Å². The van der Waals surface area contributed by atoms with E-state index in [4.69, 9.17) is 9.47 Å². The normalized spacial score (nSPS) is 17.1. The van der Waals surface area contributed by atoms with Gasteiger partial charge >= 0.3 is 0 Å². The number of piperidine rings is 1. The molecule has 1 aromatic rings. The zero-order valence-electron chi connectivity index (χ0n) is 18.8. The molecule has 29 heavy (non-hydrogen) atoms. The second kappa shape index (κ2) is 12.2. The number of nitrogens with one attached hydrogen (secondary N) is 1. The molecule has 1 aliphatic heterocycles.